The number of nitrogens with zero attached hydrogens (tertiary/aromatic N) is 3. The first kappa shape index (κ1) is 22.0. The first-order valence-corrected chi connectivity index (χ1v) is 12.5. The van der Waals surface area contributed by atoms with Crippen molar-refractivity contribution in [1.82, 2.24) is 14.9 Å². The molecule has 0 unspecified atom stereocenters. The lowest BCUT2D eigenvalue weighted by Crippen LogP contribution is -2.31. The third-order valence-corrected chi connectivity index (χ3v) is 7.21. The third-order valence-electron chi connectivity index (χ3n) is 6.22. The molecule has 0 bridgehead atoms. The highest BCUT2D eigenvalue weighted by molar-refractivity contribution is 7.99. The summed E-state index contributed by atoms with van der Waals surface area (Å²) in [5, 5.41) is 0.986. The molecule has 2 aliphatic rings. The Morgan fingerprint density at radius 1 is 0.970 bits per heavy atom. The summed E-state index contributed by atoms with van der Waals surface area (Å²) in [6.45, 7) is 3.47. The van der Waals surface area contributed by atoms with Gasteiger partial charge in [-0.15, -0.1) is 11.8 Å². The fourth-order valence-corrected chi connectivity index (χ4v) is 5.44. The van der Waals surface area contributed by atoms with Gasteiger partial charge in [0.05, 0.1) is 19.8 Å². The van der Waals surface area contributed by atoms with E-state index >= 15 is 0 Å². The van der Waals surface area contributed by atoms with Gasteiger partial charge in [0, 0.05) is 42.0 Å². The summed E-state index contributed by atoms with van der Waals surface area (Å²) in [5.74, 6) is 4.47. The summed E-state index contributed by atoms with van der Waals surface area (Å²) in [7, 11) is 3.32. The Kier molecular flexibility index (Phi) is 6.69. The minimum Gasteiger partial charge on any atom is -0.496 e. The van der Waals surface area contributed by atoms with Gasteiger partial charge in [0.1, 0.15) is 22.3 Å². The van der Waals surface area contributed by atoms with Crippen LogP contribution in [0.5, 0.6) is 23.1 Å². The summed E-state index contributed by atoms with van der Waals surface area (Å²) >= 11 is 1.80. The molecule has 2 aliphatic heterocycles. The minimum atomic E-state index is 0.618. The van der Waals surface area contributed by atoms with Gasteiger partial charge in [-0.25, -0.2) is 4.98 Å². The monoisotopic (exact) mass is 463 g/mol. The zero-order valence-corrected chi connectivity index (χ0v) is 20.0. The zero-order valence-electron chi connectivity index (χ0n) is 19.2. The molecule has 6 nitrogen and oxygen atoms in total. The van der Waals surface area contributed by atoms with Crippen LogP contribution >= 0.6 is 11.8 Å². The van der Waals surface area contributed by atoms with Gasteiger partial charge in [-0.2, -0.15) is 4.98 Å². The topological polar surface area (TPSA) is 56.7 Å². The summed E-state index contributed by atoms with van der Waals surface area (Å²) < 4.78 is 17.4. The van der Waals surface area contributed by atoms with Crippen LogP contribution in [-0.4, -0.2) is 54.5 Å². The Hall–Kier alpha value is -2.77. The van der Waals surface area contributed by atoms with Gasteiger partial charge in [-0.3, -0.25) is 0 Å². The maximum absolute atomic E-state index is 6.33. The van der Waals surface area contributed by atoms with Gasteiger partial charge >= 0.3 is 0 Å². The van der Waals surface area contributed by atoms with Crippen molar-refractivity contribution in [3.63, 3.8) is 0 Å². The smallest absolute Gasteiger partial charge is 0.227 e. The van der Waals surface area contributed by atoms with Gasteiger partial charge in [-0.05, 0) is 25.9 Å². The summed E-state index contributed by atoms with van der Waals surface area (Å²) in [6, 6.07) is 13.9. The fourth-order valence-electron chi connectivity index (χ4n) is 4.41. The lowest BCUT2D eigenvalue weighted by atomic mass is 10.0. The molecule has 2 aromatic carbocycles. The van der Waals surface area contributed by atoms with Crippen LogP contribution in [0.4, 0.5) is 0 Å². The van der Waals surface area contributed by atoms with Crippen LogP contribution in [0.3, 0.4) is 0 Å². The highest BCUT2D eigenvalue weighted by atomic mass is 32.2. The van der Waals surface area contributed by atoms with Crippen LogP contribution in [-0.2, 0) is 6.42 Å². The van der Waals surface area contributed by atoms with Gasteiger partial charge in [0.15, 0.2) is 5.82 Å². The largest absolute Gasteiger partial charge is 0.496 e. The van der Waals surface area contributed by atoms with E-state index in [0.29, 0.717) is 23.9 Å². The second-order valence-electron chi connectivity index (χ2n) is 8.34. The molecule has 0 N–H and O–H groups in total. The Labute approximate surface area is 199 Å². The Morgan fingerprint density at radius 2 is 1.79 bits per heavy atom. The van der Waals surface area contributed by atoms with Crippen molar-refractivity contribution in [2.24, 2.45) is 0 Å². The van der Waals surface area contributed by atoms with Crippen molar-refractivity contribution in [3.05, 3.63) is 53.6 Å². The fraction of sp³-hybridized carbons (Fsp3) is 0.385. The third kappa shape index (κ3) is 4.80. The maximum atomic E-state index is 6.33. The Bertz CT molecular complexity index is 1120. The number of rotatable bonds is 7. The van der Waals surface area contributed by atoms with Crippen molar-refractivity contribution >= 4 is 11.8 Å². The molecule has 0 aliphatic carbocycles. The van der Waals surface area contributed by atoms with E-state index in [9.17, 15) is 0 Å². The average molecular weight is 464 g/mol. The number of hydrogen-bond acceptors (Lipinski definition) is 7. The van der Waals surface area contributed by atoms with E-state index in [-0.39, 0.29) is 0 Å². The van der Waals surface area contributed by atoms with Crippen LogP contribution in [0.2, 0.25) is 0 Å². The van der Waals surface area contributed by atoms with E-state index in [4.69, 9.17) is 24.2 Å². The molecule has 5 rings (SSSR count). The normalized spacial score (nSPS) is 15.3. The molecule has 172 valence electrons. The Balaban J connectivity index is 1.48. The second kappa shape index (κ2) is 10.0. The summed E-state index contributed by atoms with van der Waals surface area (Å²) in [4.78, 5) is 12.4. The molecule has 1 fully saturated rings. The van der Waals surface area contributed by atoms with Crippen molar-refractivity contribution in [2.75, 3.05) is 39.6 Å². The SMILES string of the molecule is COc1cc(OC)c2c(c1)Oc1nc(-c3ccccc3)nc(SCCN3CCCCC3)c1C2. The molecular weight excluding hydrogens is 434 g/mol. The van der Waals surface area contributed by atoms with E-state index < -0.39 is 0 Å². The molecular formula is C26H29N3O3S. The average Bonchev–Trinajstić information content (AvgIpc) is 2.87. The lowest BCUT2D eigenvalue weighted by molar-refractivity contribution is 0.242. The maximum Gasteiger partial charge on any atom is 0.227 e. The molecule has 0 radical (unpaired) electrons. The number of hydrogen-bond donors (Lipinski definition) is 0. The number of methoxy groups -OCH3 is 2. The van der Waals surface area contributed by atoms with E-state index in [1.807, 2.05) is 42.5 Å². The molecule has 3 heterocycles. The molecule has 0 amide bonds. The number of aromatic nitrogens is 2. The standard InChI is InChI=1S/C26H29N3O3S/c1-30-19-15-22(31-2)20-17-21-25(32-23(20)16-19)27-24(18-9-5-3-6-10-18)28-26(21)33-14-13-29-11-7-4-8-12-29/h3,5-6,9-10,15-16H,4,7-8,11-14,17H2,1-2H3. The van der Waals surface area contributed by atoms with E-state index in [2.05, 4.69) is 4.90 Å². The first-order valence-electron chi connectivity index (χ1n) is 11.5. The van der Waals surface area contributed by atoms with E-state index in [1.54, 1.807) is 26.0 Å². The van der Waals surface area contributed by atoms with Crippen molar-refractivity contribution in [2.45, 2.75) is 30.7 Å². The Morgan fingerprint density at radius 3 is 2.55 bits per heavy atom. The van der Waals surface area contributed by atoms with Crippen LogP contribution < -0.4 is 14.2 Å². The molecule has 1 saturated heterocycles. The molecule has 1 aromatic heterocycles. The molecule has 0 spiro atoms. The van der Waals surface area contributed by atoms with Gasteiger partial charge in [0.2, 0.25) is 5.88 Å². The highest BCUT2D eigenvalue weighted by Crippen LogP contribution is 2.45. The minimum absolute atomic E-state index is 0.618. The van der Waals surface area contributed by atoms with E-state index in [0.717, 1.165) is 45.5 Å². The first-order chi connectivity index (χ1) is 16.2. The molecule has 7 heteroatoms. The molecule has 0 atom stereocenters. The number of ether oxygens (including phenoxy) is 3. The number of fused-ring (bicyclic) bond motifs is 2. The number of likely N-dealkylation sites (tertiary alicyclic amines) is 1. The van der Waals surface area contributed by atoms with Crippen molar-refractivity contribution < 1.29 is 14.2 Å². The predicted molar refractivity (Wildman–Crippen MR) is 131 cm³/mol. The second-order valence-corrected chi connectivity index (χ2v) is 9.42. The van der Waals surface area contributed by atoms with Crippen LogP contribution in [0.15, 0.2) is 47.5 Å². The van der Waals surface area contributed by atoms with Crippen molar-refractivity contribution in [1.29, 1.82) is 0 Å². The highest BCUT2D eigenvalue weighted by Gasteiger charge is 2.27. The van der Waals surface area contributed by atoms with Crippen LogP contribution in [0, 0.1) is 0 Å². The van der Waals surface area contributed by atoms with Crippen LogP contribution in [0.1, 0.15) is 30.4 Å². The summed E-state index contributed by atoms with van der Waals surface area (Å²) in [6.07, 6.45) is 4.63. The molecule has 3 aromatic rings. The van der Waals surface area contributed by atoms with Crippen LogP contribution in [0.25, 0.3) is 11.4 Å². The van der Waals surface area contributed by atoms with Gasteiger partial charge in [-0.1, -0.05) is 36.8 Å². The molecule has 33 heavy (non-hydrogen) atoms. The summed E-state index contributed by atoms with van der Waals surface area (Å²) in [5.41, 5.74) is 3.00. The zero-order chi connectivity index (χ0) is 22.6. The quantitative estimate of drug-likeness (QED) is 0.267. The number of piperidine rings is 1. The van der Waals surface area contributed by atoms with E-state index in [1.165, 1.54) is 32.4 Å². The lowest BCUT2D eigenvalue weighted by Gasteiger charge is -2.26. The van der Waals surface area contributed by atoms with Crippen molar-refractivity contribution in [3.8, 4) is 34.5 Å². The predicted octanol–water partition coefficient (Wildman–Crippen LogP) is 5.44. The molecule has 0 saturated carbocycles. The number of thioether (sulfide) groups is 1. The van der Waals surface area contributed by atoms with Gasteiger partial charge < -0.3 is 19.1 Å². The number of benzene rings is 2. The van der Waals surface area contributed by atoms with Gasteiger partial charge in [0.25, 0.3) is 0 Å².